The smallest absolute Gasteiger partial charge is 0.258 e. The first kappa shape index (κ1) is 13.4. The number of hydrogen-bond acceptors (Lipinski definition) is 6. The van der Waals surface area contributed by atoms with Gasteiger partial charge in [-0.3, -0.25) is 15.5 Å². The highest BCUT2D eigenvalue weighted by atomic mass is 35.5. The molecular weight excluding hydrogens is 288 g/mol. The fourth-order valence-corrected chi connectivity index (χ4v) is 2.11. The van der Waals surface area contributed by atoms with Crippen LogP contribution in [0.2, 0.25) is 5.02 Å². The third-order valence-electron chi connectivity index (χ3n) is 2.17. The summed E-state index contributed by atoms with van der Waals surface area (Å²) in [5, 5.41) is 17.5. The molecule has 6 nitrogen and oxygen atoms in total. The van der Waals surface area contributed by atoms with Crippen molar-refractivity contribution in [1.82, 2.24) is 4.98 Å². The van der Waals surface area contributed by atoms with Crippen LogP contribution in [0.15, 0.2) is 28.7 Å². The summed E-state index contributed by atoms with van der Waals surface area (Å²) in [6.07, 6.45) is 1.42. The zero-order valence-corrected chi connectivity index (χ0v) is 11.4. The Bertz CT molecular complexity index is 641. The third kappa shape index (κ3) is 3.49. The van der Waals surface area contributed by atoms with Gasteiger partial charge in [-0.15, -0.1) is 11.3 Å². The summed E-state index contributed by atoms with van der Waals surface area (Å²) in [6.45, 7) is 1.88. The average molecular weight is 297 g/mol. The number of anilines is 1. The van der Waals surface area contributed by atoms with Crippen LogP contribution in [0.5, 0.6) is 0 Å². The van der Waals surface area contributed by atoms with Gasteiger partial charge in [0.25, 0.3) is 5.69 Å². The molecule has 98 valence electrons. The lowest BCUT2D eigenvalue weighted by Crippen LogP contribution is -1.93. The van der Waals surface area contributed by atoms with E-state index in [1.54, 1.807) is 0 Å². The van der Waals surface area contributed by atoms with E-state index in [0.717, 1.165) is 5.69 Å². The molecule has 0 amide bonds. The predicted octanol–water partition coefficient (Wildman–Crippen LogP) is 3.46. The van der Waals surface area contributed by atoms with Gasteiger partial charge in [0.15, 0.2) is 0 Å². The Morgan fingerprint density at radius 2 is 2.37 bits per heavy atom. The Hall–Kier alpha value is -1.99. The van der Waals surface area contributed by atoms with Crippen LogP contribution >= 0.6 is 22.9 Å². The van der Waals surface area contributed by atoms with Crippen LogP contribution < -0.4 is 5.43 Å². The topological polar surface area (TPSA) is 80.4 Å². The normalized spacial score (nSPS) is 10.8. The molecule has 1 aromatic heterocycles. The summed E-state index contributed by atoms with van der Waals surface area (Å²) in [4.78, 5) is 14.3. The van der Waals surface area contributed by atoms with Crippen molar-refractivity contribution in [3.05, 3.63) is 50.0 Å². The van der Waals surface area contributed by atoms with E-state index in [0.29, 0.717) is 15.7 Å². The van der Waals surface area contributed by atoms with Gasteiger partial charge < -0.3 is 0 Å². The van der Waals surface area contributed by atoms with E-state index in [4.69, 9.17) is 11.6 Å². The molecule has 1 heterocycles. The molecule has 2 rings (SSSR count). The van der Waals surface area contributed by atoms with Gasteiger partial charge in [0.1, 0.15) is 0 Å². The summed E-state index contributed by atoms with van der Waals surface area (Å²) < 4.78 is 0. The zero-order valence-electron chi connectivity index (χ0n) is 9.83. The number of hydrogen-bond donors (Lipinski definition) is 1. The minimum Gasteiger partial charge on any atom is -0.258 e. The molecule has 0 saturated carbocycles. The summed E-state index contributed by atoms with van der Waals surface area (Å²) >= 11 is 7.35. The second-order valence-corrected chi connectivity index (χ2v) is 4.89. The number of non-ortho nitro benzene ring substituents is 1. The molecule has 0 unspecified atom stereocenters. The van der Waals surface area contributed by atoms with Crippen molar-refractivity contribution in [2.75, 3.05) is 5.43 Å². The van der Waals surface area contributed by atoms with E-state index in [9.17, 15) is 10.1 Å². The Morgan fingerprint density at radius 1 is 1.58 bits per heavy atom. The molecule has 8 heteroatoms. The molecule has 1 N–H and O–H groups in total. The van der Waals surface area contributed by atoms with Crippen molar-refractivity contribution in [2.24, 2.45) is 5.10 Å². The van der Waals surface area contributed by atoms with Gasteiger partial charge in [0.05, 0.1) is 16.8 Å². The van der Waals surface area contributed by atoms with Crippen LogP contribution in [-0.4, -0.2) is 16.1 Å². The second-order valence-electron chi connectivity index (χ2n) is 3.63. The number of nitro groups is 1. The quantitative estimate of drug-likeness (QED) is 0.532. The number of nitrogens with zero attached hydrogens (tertiary/aromatic N) is 3. The van der Waals surface area contributed by atoms with Crippen molar-refractivity contribution >= 4 is 40.0 Å². The van der Waals surface area contributed by atoms with Crippen LogP contribution in [0.1, 0.15) is 11.3 Å². The first-order chi connectivity index (χ1) is 9.06. The fourth-order valence-electron chi connectivity index (χ4n) is 1.31. The van der Waals surface area contributed by atoms with E-state index in [1.165, 1.54) is 35.8 Å². The molecule has 0 aliphatic heterocycles. The number of thiazole rings is 1. The molecule has 0 bridgehead atoms. The maximum absolute atomic E-state index is 10.7. The number of hydrazone groups is 1. The van der Waals surface area contributed by atoms with Gasteiger partial charge in [-0.1, -0.05) is 11.6 Å². The summed E-state index contributed by atoms with van der Waals surface area (Å²) in [6, 6.07) is 4.17. The Morgan fingerprint density at radius 3 is 3.00 bits per heavy atom. The molecule has 0 fully saturated rings. The maximum Gasteiger partial charge on any atom is 0.270 e. The minimum atomic E-state index is -0.481. The zero-order chi connectivity index (χ0) is 13.8. The lowest BCUT2D eigenvalue weighted by molar-refractivity contribution is -0.384. The van der Waals surface area contributed by atoms with Gasteiger partial charge in [-0.05, 0) is 13.0 Å². The number of halogens is 1. The monoisotopic (exact) mass is 296 g/mol. The lowest BCUT2D eigenvalue weighted by atomic mass is 10.2. The molecule has 0 spiro atoms. The molecular formula is C11H9ClN4O2S. The highest BCUT2D eigenvalue weighted by molar-refractivity contribution is 7.13. The second kappa shape index (κ2) is 5.77. The van der Waals surface area contributed by atoms with Gasteiger partial charge >= 0.3 is 0 Å². The highest BCUT2D eigenvalue weighted by Gasteiger charge is 2.08. The van der Waals surface area contributed by atoms with Crippen LogP contribution in [0.4, 0.5) is 10.8 Å². The predicted molar refractivity (Wildman–Crippen MR) is 76.2 cm³/mol. The SMILES string of the molecule is Cc1csc(NN=Cc2cc([N+](=O)[O-])ccc2Cl)n1. The molecule has 19 heavy (non-hydrogen) atoms. The molecule has 2 aromatic rings. The minimum absolute atomic E-state index is 0.0315. The summed E-state index contributed by atoms with van der Waals surface area (Å²) in [5.41, 5.74) is 4.07. The van der Waals surface area contributed by atoms with E-state index >= 15 is 0 Å². The van der Waals surface area contributed by atoms with Gasteiger partial charge in [0.2, 0.25) is 5.13 Å². The molecule has 1 aromatic carbocycles. The highest BCUT2D eigenvalue weighted by Crippen LogP contribution is 2.20. The van der Waals surface area contributed by atoms with Crippen molar-refractivity contribution < 1.29 is 4.92 Å². The van der Waals surface area contributed by atoms with Crippen LogP contribution in [0.25, 0.3) is 0 Å². The fraction of sp³-hybridized carbons (Fsp3) is 0.0909. The maximum atomic E-state index is 10.7. The standard InChI is InChI=1S/C11H9ClN4O2S/c1-7-6-19-11(14-7)15-13-5-8-4-9(16(17)18)2-3-10(8)12/h2-6H,1H3,(H,14,15). The number of aryl methyl sites for hydroxylation is 1. The Labute approximate surface area is 117 Å². The van der Waals surface area contributed by atoms with Crippen molar-refractivity contribution in [1.29, 1.82) is 0 Å². The van der Waals surface area contributed by atoms with Gasteiger partial charge in [-0.25, -0.2) is 4.98 Å². The van der Waals surface area contributed by atoms with Crippen LogP contribution in [-0.2, 0) is 0 Å². The van der Waals surface area contributed by atoms with E-state index in [1.807, 2.05) is 12.3 Å². The number of aromatic nitrogens is 1. The van der Waals surface area contributed by atoms with Crippen LogP contribution in [0.3, 0.4) is 0 Å². The molecule has 0 aliphatic carbocycles. The molecule has 0 radical (unpaired) electrons. The van der Waals surface area contributed by atoms with Gasteiger partial charge in [0, 0.05) is 28.1 Å². The average Bonchev–Trinajstić information content (AvgIpc) is 2.77. The molecule has 0 atom stereocenters. The van der Waals surface area contributed by atoms with E-state index in [-0.39, 0.29) is 5.69 Å². The number of nitrogens with one attached hydrogen (secondary N) is 1. The number of nitro benzene ring substituents is 1. The van der Waals surface area contributed by atoms with E-state index < -0.39 is 4.92 Å². The molecule has 0 aliphatic rings. The van der Waals surface area contributed by atoms with Crippen LogP contribution in [0, 0.1) is 17.0 Å². The first-order valence-corrected chi connectivity index (χ1v) is 6.47. The number of benzene rings is 1. The largest absolute Gasteiger partial charge is 0.270 e. The van der Waals surface area contributed by atoms with E-state index in [2.05, 4.69) is 15.5 Å². The van der Waals surface area contributed by atoms with Crippen molar-refractivity contribution in [3.63, 3.8) is 0 Å². The lowest BCUT2D eigenvalue weighted by Gasteiger charge is -1.98. The number of rotatable bonds is 4. The Kier molecular flexibility index (Phi) is 4.08. The molecule has 0 saturated heterocycles. The summed E-state index contributed by atoms with van der Waals surface area (Å²) in [7, 11) is 0. The van der Waals surface area contributed by atoms with Crippen molar-refractivity contribution in [3.8, 4) is 0 Å². The van der Waals surface area contributed by atoms with Crippen molar-refractivity contribution in [2.45, 2.75) is 6.92 Å². The Balaban J connectivity index is 2.13. The first-order valence-electron chi connectivity index (χ1n) is 5.21. The summed E-state index contributed by atoms with van der Waals surface area (Å²) in [5.74, 6) is 0. The third-order valence-corrected chi connectivity index (χ3v) is 3.38. The van der Waals surface area contributed by atoms with Gasteiger partial charge in [-0.2, -0.15) is 5.10 Å².